The number of fused-ring (bicyclic) bond motifs is 1. The van der Waals surface area contributed by atoms with Gasteiger partial charge >= 0.3 is 0 Å². The molecule has 0 radical (unpaired) electrons. The first-order valence-corrected chi connectivity index (χ1v) is 9.72. The lowest BCUT2D eigenvalue weighted by Crippen LogP contribution is -2.32. The van der Waals surface area contributed by atoms with Crippen LogP contribution in [0.15, 0.2) is 60.8 Å². The number of nitro groups is 1. The van der Waals surface area contributed by atoms with Crippen molar-refractivity contribution in [2.75, 3.05) is 0 Å². The molecule has 3 aromatic rings. The van der Waals surface area contributed by atoms with Crippen molar-refractivity contribution in [1.82, 2.24) is 15.1 Å². The first-order valence-electron chi connectivity index (χ1n) is 9.72. The number of nitro benzene ring substituents is 1. The minimum Gasteiger partial charge on any atom is -0.349 e. The van der Waals surface area contributed by atoms with Crippen LogP contribution in [0, 0.1) is 10.1 Å². The van der Waals surface area contributed by atoms with Crippen molar-refractivity contribution >= 4 is 11.6 Å². The molecule has 0 spiro atoms. The molecule has 1 heterocycles. The molecule has 0 unspecified atom stereocenters. The summed E-state index contributed by atoms with van der Waals surface area (Å²) in [5.74, 6) is -0.215. The van der Waals surface area contributed by atoms with E-state index < -0.39 is 4.92 Å². The molecule has 0 saturated heterocycles. The molecule has 29 heavy (non-hydrogen) atoms. The van der Waals surface area contributed by atoms with Gasteiger partial charge < -0.3 is 5.32 Å². The third-order valence-corrected chi connectivity index (χ3v) is 5.31. The maximum Gasteiger partial charge on any atom is 0.273 e. The molecule has 1 aliphatic carbocycles. The molecule has 148 valence electrons. The van der Waals surface area contributed by atoms with Crippen molar-refractivity contribution in [2.45, 2.75) is 38.3 Å². The zero-order valence-electron chi connectivity index (χ0n) is 16.0. The Bertz CT molecular complexity index is 1030. The summed E-state index contributed by atoms with van der Waals surface area (Å²) in [4.78, 5) is 23.3. The normalized spacial score (nSPS) is 15.5. The molecule has 1 amide bonds. The molecule has 7 heteroatoms. The van der Waals surface area contributed by atoms with Crippen LogP contribution in [0.3, 0.4) is 0 Å². The summed E-state index contributed by atoms with van der Waals surface area (Å²) in [5.41, 5.74) is 3.77. The van der Waals surface area contributed by atoms with Gasteiger partial charge in [-0.25, -0.2) is 0 Å². The van der Waals surface area contributed by atoms with Gasteiger partial charge in [-0.1, -0.05) is 48.5 Å². The third kappa shape index (κ3) is 4.18. The average molecular weight is 390 g/mol. The van der Waals surface area contributed by atoms with Crippen molar-refractivity contribution in [3.63, 3.8) is 0 Å². The van der Waals surface area contributed by atoms with E-state index in [-0.39, 0.29) is 24.1 Å². The number of hydrogen-bond acceptors (Lipinski definition) is 4. The lowest BCUT2D eigenvalue weighted by molar-refractivity contribution is -0.385. The van der Waals surface area contributed by atoms with E-state index in [1.54, 1.807) is 18.2 Å². The Morgan fingerprint density at radius 2 is 1.93 bits per heavy atom. The lowest BCUT2D eigenvalue weighted by Gasteiger charge is -2.24. The van der Waals surface area contributed by atoms with Gasteiger partial charge in [0.1, 0.15) is 0 Å². The fraction of sp³-hybridized carbons (Fsp3) is 0.273. The van der Waals surface area contributed by atoms with E-state index in [2.05, 4.69) is 22.5 Å². The molecule has 0 aliphatic heterocycles. The Hall–Kier alpha value is -3.48. The van der Waals surface area contributed by atoms with Crippen LogP contribution in [0.1, 0.15) is 41.3 Å². The molecule has 0 fully saturated rings. The van der Waals surface area contributed by atoms with E-state index in [0.29, 0.717) is 12.1 Å². The smallest absolute Gasteiger partial charge is 0.273 e. The molecule has 0 bridgehead atoms. The highest BCUT2D eigenvalue weighted by molar-refractivity contribution is 5.80. The van der Waals surface area contributed by atoms with E-state index in [1.807, 2.05) is 29.1 Å². The van der Waals surface area contributed by atoms with Gasteiger partial charge in [0.05, 0.1) is 30.1 Å². The monoisotopic (exact) mass is 390 g/mol. The second kappa shape index (κ2) is 8.26. The van der Waals surface area contributed by atoms with Gasteiger partial charge in [0.25, 0.3) is 5.69 Å². The Morgan fingerprint density at radius 1 is 1.17 bits per heavy atom. The first-order chi connectivity index (χ1) is 14.1. The highest BCUT2D eigenvalue weighted by atomic mass is 16.6. The fourth-order valence-corrected chi connectivity index (χ4v) is 3.92. The zero-order chi connectivity index (χ0) is 20.2. The zero-order valence-corrected chi connectivity index (χ0v) is 16.0. The van der Waals surface area contributed by atoms with Gasteiger partial charge in [-0.2, -0.15) is 5.10 Å². The number of aromatic nitrogens is 2. The Morgan fingerprint density at radius 3 is 2.72 bits per heavy atom. The molecule has 1 aromatic heterocycles. The number of nitrogens with zero attached hydrogens (tertiary/aromatic N) is 3. The van der Waals surface area contributed by atoms with Crippen LogP contribution in [-0.4, -0.2) is 20.6 Å². The molecule has 1 atom stereocenters. The van der Waals surface area contributed by atoms with Crippen LogP contribution in [0.2, 0.25) is 0 Å². The van der Waals surface area contributed by atoms with E-state index in [1.165, 1.54) is 11.6 Å². The summed E-state index contributed by atoms with van der Waals surface area (Å²) >= 11 is 0. The highest BCUT2D eigenvalue weighted by Gasteiger charge is 2.26. The van der Waals surface area contributed by atoms with Gasteiger partial charge in [0.15, 0.2) is 0 Å². The van der Waals surface area contributed by atoms with E-state index in [9.17, 15) is 14.9 Å². The fourth-order valence-electron chi connectivity index (χ4n) is 3.92. The second-order valence-electron chi connectivity index (χ2n) is 7.26. The number of carbonyl (C=O) groups is 1. The molecule has 1 N–H and O–H groups in total. The second-order valence-corrected chi connectivity index (χ2v) is 7.26. The van der Waals surface area contributed by atoms with E-state index >= 15 is 0 Å². The third-order valence-electron chi connectivity index (χ3n) is 5.31. The van der Waals surface area contributed by atoms with Crippen LogP contribution in [0.25, 0.3) is 0 Å². The molecular formula is C22H22N4O3. The molecule has 1 aliphatic rings. The molecule has 4 rings (SSSR count). The Labute approximate surface area is 168 Å². The maximum atomic E-state index is 12.6. The van der Waals surface area contributed by atoms with Gasteiger partial charge in [-0.3, -0.25) is 19.6 Å². The number of rotatable bonds is 6. The van der Waals surface area contributed by atoms with Gasteiger partial charge in [0, 0.05) is 22.9 Å². The number of amides is 1. The van der Waals surface area contributed by atoms with Gasteiger partial charge in [-0.05, 0) is 24.8 Å². The van der Waals surface area contributed by atoms with Gasteiger partial charge in [-0.15, -0.1) is 0 Å². The van der Waals surface area contributed by atoms with Crippen LogP contribution >= 0.6 is 0 Å². The predicted molar refractivity (Wildman–Crippen MR) is 108 cm³/mol. The molecular weight excluding hydrogens is 368 g/mol. The van der Waals surface area contributed by atoms with Crippen molar-refractivity contribution in [3.05, 3.63) is 93.3 Å². The first kappa shape index (κ1) is 18.9. The number of hydrogen-bond donors (Lipinski definition) is 1. The van der Waals surface area contributed by atoms with Crippen molar-refractivity contribution in [1.29, 1.82) is 0 Å². The number of carbonyl (C=O) groups excluding carboxylic acids is 1. The largest absolute Gasteiger partial charge is 0.349 e. The van der Waals surface area contributed by atoms with E-state index in [4.69, 9.17) is 0 Å². The summed E-state index contributed by atoms with van der Waals surface area (Å²) in [7, 11) is 0. The van der Waals surface area contributed by atoms with Crippen LogP contribution in [0.5, 0.6) is 0 Å². The molecule has 2 aromatic carbocycles. The van der Waals surface area contributed by atoms with Crippen LogP contribution in [0.4, 0.5) is 5.69 Å². The number of nitrogens with one attached hydrogen (secondary N) is 1. The average Bonchev–Trinajstić information content (AvgIpc) is 3.13. The SMILES string of the molecule is O=C(Cc1ccccc1[N+](=O)[O-])N[C@H]1CCCc2c1cnn2Cc1ccccc1. The summed E-state index contributed by atoms with van der Waals surface area (Å²) in [6.45, 7) is 0.701. The maximum absolute atomic E-state index is 12.6. The quantitative estimate of drug-likeness (QED) is 0.515. The Kier molecular flexibility index (Phi) is 5.37. The standard InChI is InChI=1S/C22H22N4O3/c27-22(13-17-9-4-5-11-20(17)26(28)29)24-19-10-6-12-21-18(19)14-23-25(21)15-16-7-2-1-3-8-16/h1-5,7-9,11,14,19H,6,10,12-13,15H2,(H,24,27)/t19-/m0/s1. The van der Waals surface area contributed by atoms with Crippen molar-refractivity contribution < 1.29 is 9.72 Å². The minimum absolute atomic E-state index is 0.0128. The van der Waals surface area contributed by atoms with Crippen LogP contribution < -0.4 is 5.32 Å². The topological polar surface area (TPSA) is 90.1 Å². The molecule has 0 saturated carbocycles. The Balaban J connectivity index is 1.48. The minimum atomic E-state index is -0.449. The lowest BCUT2D eigenvalue weighted by atomic mass is 9.92. The van der Waals surface area contributed by atoms with Crippen molar-refractivity contribution in [2.24, 2.45) is 0 Å². The summed E-state index contributed by atoms with van der Waals surface area (Å²) in [6.07, 6.45) is 4.56. The summed E-state index contributed by atoms with van der Waals surface area (Å²) in [5, 5.41) is 18.8. The highest BCUT2D eigenvalue weighted by Crippen LogP contribution is 2.30. The predicted octanol–water partition coefficient (Wildman–Crippen LogP) is 3.58. The van der Waals surface area contributed by atoms with Crippen molar-refractivity contribution in [3.8, 4) is 0 Å². The van der Waals surface area contributed by atoms with Gasteiger partial charge in [0.2, 0.25) is 5.91 Å². The molecule has 7 nitrogen and oxygen atoms in total. The number of para-hydroxylation sites is 1. The summed E-state index contributed by atoms with van der Waals surface area (Å²) in [6, 6.07) is 16.4. The van der Waals surface area contributed by atoms with E-state index in [0.717, 1.165) is 30.5 Å². The number of benzene rings is 2. The van der Waals surface area contributed by atoms with Crippen LogP contribution in [-0.2, 0) is 24.2 Å². The summed E-state index contributed by atoms with van der Waals surface area (Å²) < 4.78 is 2.00.